The number of hydrogen-bond donors (Lipinski definition) is 3. The fraction of sp³-hybridized carbons (Fsp3) is 1.00. The molecule has 3 nitrogen and oxygen atoms in total. The molecule has 0 spiro atoms. The van der Waals surface area contributed by atoms with Crippen LogP contribution in [0, 0.1) is 52.3 Å². The van der Waals surface area contributed by atoms with E-state index in [9.17, 15) is 10.2 Å². The topological polar surface area (TPSA) is 66.5 Å². The molecule has 0 radical (unpaired) electrons. The largest absolute Gasteiger partial charge is 0.393 e. The second kappa shape index (κ2) is 8.67. The monoisotopic (exact) mass is 419 g/mol. The van der Waals surface area contributed by atoms with E-state index in [0.29, 0.717) is 40.4 Å². The Hall–Kier alpha value is -0.120. The minimum atomic E-state index is -0.167. The predicted octanol–water partition coefficient (Wildman–Crippen LogP) is 5.38. The summed E-state index contributed by atoms with van der Waals surface area (Å²) in [5.41, 5.74) is 6.46. The smallest absolute Gasteiger partial charge is 0.0605 e. The second-order valence-electron chi connectivity index (χ2n) is 12.4. The molecule has 4 aliphatic rings. The Bertz CT molecular complexity index is 595. The van der Waals surface area contributed by atoms with Crippen molar-refractivity contribution in [2.24, 2.45) is 58.0 Å². The van der Waals surface area contributed by atoms with Crippen molar-refractivity contribution in [2.45, 2.75) is 111 Å². The molecule has 3 heteroatoms. The van der Waals surface area contributed by atoms with Crippen LogP contribution in [-0.4, -0.2) is 29.0 Å². The molecule has 30 heavy (non-hydrogen) atoms. The van der Waals surface area contributed by atoms with E-state index in [0.717, 1.165) is 50.5 Å². The van der Waals surface area contributed by atoms with Crippen LogP contribution in [0.5, 0.6) is 0 Å². The van der Waals surface area contributed by atoms with E-state index in [1.807, 2.05) is 0 Å². The Balaban J connectivity index is 1.59. The average molecular weight is 420 g/mol. The first-order valence-electron chi connectivity index (χ1n) is 13.3. The summed E-state index contributed by atoms with van der Waals surface area (Å²) in [4.78, 5) is 0. The normalized spacial score (nSPS) is 51.7. The van der Waals surface area contributed by atoms with Gasteiger partial charge in [0, 0.05) is 0 Å². The molecule has 0 aromatic rings. The molecular formula is C27H49NO2. The lowest BCUT2D eigenvalue weighted by atomic mass is 9.41. The zero-order valence-corrected chi connectivity index (χ0v) is 20.2. The van der Waals surface area contributed by atoms with Crippen molar-refractivity contribution in [3.05, 3.63) is 0 Å². The summed E-state index contributed by atoms with van der Waals surface area (Å²) in [6, 6.07) is 0. The van der Waals surface area contributed by atoms with Crippen molar-refractivity contribution in [2.75, 3.05) is 6.54 Å². The van der Waals surface area contributed by atoms with Crippen molar-refractivity contribution in [3.63, 3.8) is 0 Å². The second-order valence-corrected chi connectivity index (χ2v) is 12.4. The summed E-state index contributed by atoms with van der Waals surface area (Å²) in [5.74, 6) is 4.27. The minimum absolute atomic E-state index is 0.153. The van der Waals surface area contributed by atoms with Gasteiger partial charge in [-0.15, -0.1) is 0 Å². The van der Waals surface area contributed by atoms with Gasteiger partial charge in [0.05, 0.1) is 12.2 Å². The summed E-state index contributed by atoms with van der Waals surface area (Å²) in [6.45, 7) is 10.7. The van der Waals surface area contributed by atoms with Crippen molar-refractivity contribution < 1.29 is 10.2 Å². The Morgan fingerprint density at radius 2 is 1.63 bits per heavy atom. The third-order valence-electron chi connectivity index (χ3n) is 11.3. The van der Waals surface area contributed by atoms with E-state index >= 15 is 0 Å². The van der Waals surface area contributed by atoms with Crippen LogP contribution in [0.15, 0.2) is 0 Å². The van der Waals surface area contributed by atoms with Gasteiger partial charge in [-0.1, -0.05) is 47.0 Å². The summed E-state index contributed by atoms with van der Waals surface area (Å²) >= 11 is 0. The Labute approximate surface area is 185 Å². The molecule has 4 rings (SSSR count). The molecular weight excluding hydrogens is 370 g/mol. The van der Waals surface area contributed by atoms with Gasteiger partial charge in [0.25, 0.3) is 0 Å². The summed E-state index contributed by atoms with van der Waals surface area (Å²) in [7, 11) is 0. The van der Waals surface area contributed by atoms with Crippen LogP contribution in [0.25, 0.3) is 0 Å². The molecule has 174 valence electrons. The summed E-state index contributed by atoms with van der Waals surface area (Å²) in [6.07, 6.45) is 12.8. The fourth-order valence-corrected chi connectivity index (χ4v) is 9.74. The van der Waals surface area contributed by atoms with Crippen molar-refractivity contribution >= 4 is 0 Å². The van der Waals surface area contributed by atoms with Gasteiger partial charge in [0.15, 0.2) is 0 Å². The lowest BCUT2D eigenvalue weighted by molar-refractivity contribution is -0.203. The third-order valence-corrected chi connectivity index (χ3v) is 11.3. The first-order valence-corrected chi connectivity index (χ1v) is 13.3. The number of fused-ring (bicyclic) bond motifs is 5. The highest BCUT2D eigenvalue weighted by atomic mass is 16.3. The van der Waals surface area contributed by atoms with Crippen molar-refractivity contribution in [3.8, 4) is 0 Å². The molecule has 0 heterocycles. The summed E-state index contributed by atoms with van der Waals surface area (Å²) in [5, 5.41) is 22.2. The molecule has 0 aromatic carbocycles. The van der Waals surface area contributed by atoms with Crippen LogP contribution in [0.2, 0.25) is 0 Å². The van der Waals surface area contributed by atoms with Crippen LogP contribution >= 0.6 is 0 Å². The van der Waals surface area contributed by atoms with Crippen LogP contribution in [0.1, 0.15) is 98.3 Å². The van der Waals surface area contributed by atoms with Gasteiger partial charge in [-0.3, -0.25) is 0 Å². The Kier molecular flexibility index (Phi) is 6.66. The predicted molar refractivity (Wildman–Crippen MR) is 124 cm³/mol. The lowest BCUT2D eigenvalue weighted by Crippen LogP contribution is -2.62. The van der Waals surface area contributed by atoms with E-state index in [-0.39, 0.29) is 12.2 Å². The highest BCUT2D eigenvalue weighted by Gasteiger charge is 2.64. The molecule has 0 aliphatic heterocycles. The standard InChI is InChI=1S/C27H49NO2/c1-5-19-23-16-18(29)11-13-27(23,4)22-12-14-26(3)20(17(2)8-6-7-15-28)9-10-21(26)24(22)25(19)30/h17-25,29-30H,5-16,28H2,1-4H3/t17-,18-,19-,20?,21+,22+,23+,24?,25-,26?,27+/m1/s1. The molecule has 4 aliphatic carbocycles. The quantitative estimate of drug-likeness (QED) is 0.506. The first-order chi connectivity index (χ1) is 14.3. The van der Waals surface area contributed by atoms with Gasteiger partial charge in [-0.05, 0) is 110 Å². The molecule has 4 N–H and O–H groups in total. The van der Waals surface area contributed by atoms with Crippen LogP contribution in [-0.2, 0) is 0 Å². The lowest BCUT2D eigenvalue weighted by Gasteiger charge is -2.64. The zero-order valence-electron chi connectivity index (χ0n) is 20.2. The number of aliphatic hydroxyl groups excluding tert-OH is 2. The number of nitrogens with two attached hydrogens (primary N) is 1. The van der Waals surface area contributed by atoms with Crippen molar-refractivity contribution in [1.29, 1.82) is 0 Å². The van der Waals surface area contributed by atoms with E-state index in [1.165, 1.54) is 38.5 Å². The third kappa shape index (κ3) is 3.50. The van der Waals surface area contributed by atoms with E-state index in [4.69, 9.17) is 5.73 Å². The molecule has 0 saturated heterocycles. The number of unbranched alkanes of at least 4 members (excludes halogenated alkanes) is 1. The van der Waals surface area contributed by atoms with Crippen LogP contribution < -0.4 is 5.73 Å². The van der Waals surface area contributed by atoms with E-state index in [2.05, 4.69) is 27.7 Å². The van der Waals surface area contributed by atoms with Gasteiger partial charge in [-0.25, -0.2) is 0 Å². The molecule has 4 saturated carbocycles. The van der Waals surface area contributed by atoms with Gasteiger partial charge in [0.1, 0.15) is 0 Å². The van der Waals surface area contributed by atoms with Crippen LogP contribution in [0.3, 0.4) is 0 Å². The van der Waals surface area contributed by atoms with Gasteiger partial charge >= 0.3 is 0 Å². The molecule has 3 unspecified atom stereocenters. The highest BCUT2D eigenvalue weighted by molar-refractivity contribution is 5.13. The maximum absolute atomic E-state index is 11.8. The van der Waals surface area contributed by atoms with Crippen molar-refractivity contribution in [1.82, 2.24) is 0 Å². The molecule has 0 bridgehead atoms. The SMILES string of the molecule is CC[C@H]1[C@@H](O)C2[C@@H]3CCC([C@H](C)CCCCN)C3(C)CC[C@@H]2[C@]2(C)CC[C@@H](O)C[C@@H]12. The van der Waals surface area contributed by atoms with E-state index < -0.39 is 0 Å². The zero-order chi connectivity index (χ0) is 21.7. The minimum Gasteiger partial charge on any atom is -0.393 e. The molecule has 0 amide bonds. The van der Waals surface area contributed by atoms with Gasteiger partial charge < -0.3 is 15.9 Å². The van der Waals surface area contributed by atoms with Gasteiger partial charge in [0.2, 0.25) is 0 Å². The maximum atomic E-state index is 11.8. The number of aliphatic hydroxyl groups is 2. The Morgan fingerprint density at radius 1 is 0.933 bits per heavy atom. The average Bonchev–Trinajstić information content (AvgIpc) is 3.07. The van der Waals surface area contributed by atoms with Gasteiger partial charge in [-0.2, -0.15) is 0 Å². The van der Waals surface area contributed by atoms with E-state index in [1.54, 1.807) is 0 Å². The van der Waals surface area contributed by atoms with Crippen LogP contribution in [0.4, 0.5) is 0 Å². The fourth-order valence-electron chi connectivity index (χ4n) is 9.74. The number of hydrogen-bond acceptors (Lipinski definition) is 3. The molecule has 4 fully saturated rings. The molecule has 0 aromatic heterocycles. The summed E-state index contributed by atoms with van der Waals surface area (Å²) < 4.78 is 0. The highest BCUT2D eigenvalue weighted by Crippen LogP contribution is 2.69. The molecule has 11 atom stereocenters. The maximum Gasteiger partial charge on any atom is 0.0605 e. The Morgan fingerprint density at radius 3 is 2.33 bits per heavy atom. The first kappa shape index (κ1) is 23.1. The number of rotatable bonds is 6.